The summed E-state index contributed by atoms with van der Waals surface area (Å²) in [5.74, 6) is -3.87. The fraction of sp³-hybridized carbons (Fsp3) is 0.560. The molecule has 2 fully saturated rings. The van der Waals surface area contributed by atoms with Crippen molar-refractivity contribution in [1.82, 2.24) is 24.9 Å². The zero-order valence-electron chi connectivity index (χ0n) is 21.1. The number of hydrogen-bond acceptors (Lipinski definition) is 5. The van der Waals surface area contributed by atoms with E-state index in [4.69, 9.17) is 0 Å². The Labute approximate surface area is 212 Å². The molecule has 0 spiro atoms. The van der Waals surface area contributed by atoms with Gasteiger partial charge in [-0.05, 0) is 34.8 Å². The van der Waals surface area contributed by atoms with Crippen LogP contribution in [-0.2, 0) is 14.4 Å². The molecule has 2 aromatic rings. The van der Waals surface area contributed by atoms with Crippen molar-refractivity contribution >= 4 is 23.2 Å². The summed E-state index contributed by atoms with van der Waals surface area (Å²) in [5.41, 5.74) is -0.370. The minimum Gasteiger partial charge on any atom is -0.336 e. The first-order valence-electron chi connectivity index (χ1n) is 11.9. The van der Waals surface area contributed by atoms with Gasteiger partial charge >= 0.3 is 12.1 Å². The normalized spacial score (nSPS) is 24.1. The van der Waals surface area contributed by atoms with E-state index in [9.17, 15) is 32.8 Å². The van der Waals surface area contributed by atoms with Crippen molar-refractivity contribution in [3.63, 3.8) is 0 Å². The van der Waals surface area contributed by atoms with Crippen LogP contribution in [-0.4, -0.2) is 56.8 Å². The Bertz CT molecular complexity index is 1290. The molecular weight excluding hydrogens is 489 g/mol. The third-order valence-electron chi connectivity index (χ3n) is 7.57. The fourth-order valence-electron chi connectivity index (χ4n) is 5.42. The number of pyridine rings is 1. The number of hydrogen-bond donors (Lipinski definition) is 2. The monoisotopic (exact) mass is 518 g/mol. The maximum absolute atomic E-state index is 13.6. The first kappa shape index (κ1) is 26.4. The number of carbonyl (C=O) groups excluding carboxylic acids is 3. The number of nitrogens with zero attached hydrogens (tertiary/aromatic N) is 4. The lowest BCUT2D eigenvalue weighted by molar-refractivity contribution is -0.176. The molecule has 1 aliphatic heterocycles. The van der Waals surface area contributed by atoms with Crippen molar-refractivity contribution in [3.05, 3.63) is 36.4 Å². The molecule has 2 aromatic heterocycles. The Hall–Kier alpha value is -3.62. The number of amides is 3. The lowest BCUT2D eigenvalue weighted by Gasteiger charge is -2.37. The topological polar surface area (TPSA) is 120 Å². The molecule has 4 rings (SSSR count). The van der Waals surface area contributed by atoms with Gasteiger partial charge in [-0.15, -0.1) is 0 Å². The molecule has 0 aromatic carbocycles. The van der Waals surface area contributed by atoms with Crippen LogP contribution >= 0.6 is 0 Å². The first-order chi connectivity index (χ1) is 17.1. The molecular formula is C25H29F3N6O3. The van der Waals surface area contributed by atoms with Gasteiger partial charge in [-0.25, -0.2) is 4.98 Å². The molecule has 1 saturated heterocycles. The van der Waals surface area contributed by atoms with Gasteiger partial charge in [0.2, 0.25) is 11.8 Å². The van der Waals surface area contributed by atoms with Gasteiger partial charge in [-0.3, -0.25) is 14.4 Å². The lowest BCUT2D eigenvalue weighted by Crippen LogP contribution is -2.60. The Kier molecular flexibility index (Phi) is 6.25. The molecule has 5 atom stereocenters. The van der Waals surface area contributed by atoms with Crippen LogP contribution in [0.15, 0.2) is 30.7 Å². The molecule has 1 aliphatic carbocycles. The van der Waals surface area contributed by atoms with Crippen LogP contribution in [0.1, 0.15) is 46.4 Å². The summed E-state index contributed by atoms with van der Waals surface area (Å²) in [6, 6.07) is 3.72. The Morgan fingerprint density at radius 2 is 1.86 bits per heavy atom. The average molecular weight is 519 g/mol. The van der Waals surface area contributed by atoms with Crippen molar-refractivity contribution in [2.45, 2.75) is 58.9 Å². The fourth-order valence-corrected chi connectivity index (χ4v) is 5.42. The molecule has 2 N–H and O–H groups in total. The van der Waals surface area contributed by atoms with Crippen LogP contribution in [0, 0.1) is 34.0 Å². The maximum Gasteiger partial charge on any atom is 0.471 e. The number of carbonyl (C=O) groups is 3. The summed E-state index contributed by atoms with van der Waals surface area (Å²) < 4.78 is 40.7. The molecule has 12 heteroatoms. The first-order valence-corrected chi connectivity index (χ1v) is 11.9. The number of rotatable bonds is 5. The van der Waals surface area contributed by atoms with E-state index >= 15 is 0 Å². The third kappa shape index (κ3) is 4.63. The molecule has 0 bridgehead atoms. The summed E-state index contributed by atoms with van der Waals surface area (Å²) in [4.78, 5) is 44.4. The van der Waals surface area contributed by atoms with Crippen molar-refractivity contribution < 1.29 is 27.6 Å². The van der Waals surface area contributed by atoms with Gasteiger partial charge in [0.15, 0.2) is 6.04 Å². The molecule has 0 radical (unpaired) electrons. The van der Waals surface area contributed by atoms with E-state index in [1.54, 1.807) is 28.8 Å². The summed E-state index contributed by atoms with van der Waals surface area (Å²) in [5, 5.41) is 14.3. The summed E-state index contributed by atoms with van der Waals surface area (Å²) >= 11 is 0. The highest BCUT2D eigenvalue weighted by molar-refractivity contribution is 5.95. The Morgan fingerprint density at radius 3 is 2.46 bits per heavy atom. The van der Waals surface area contributed by atoms with Crippen molar-refractivity contribution in [3.8, 4) is 6.07 Å². The Balaban J connectivity index is 1.61. The quantitative estimate of drug-likeness (QED) is 0.631. The van der Waals surface area contributed by atoms with Gasteiger partial charge in [-0.1, -0.05) is 40.7 Å². The van der Waals surface area contributed by atoms with Crippen LogP contribution in [0.5, 0.6) is 0 Å². The van der Waals surface area contributed by atoms with Gasteiger partial charge in [0.1, 0.15) is 17.8 Å². The highest BCUT2D eigenvalue weighted by Crippen LogP contribution is 2.65. The van der Waals surface area contributed by atoms with E-state index in [0.29, 0.717) is 11.2 Å². The summed E-state index contributed by atoms with van der Waals surface area (Å²) in [6.45, 7) is 8.70. The van der Waals surface area contributed by atoms with Gasteiger partial charge in [0.25, 0.3) is 0 Å². The maximum atomic E-state index is 13.6. The smallest absolute Gasteiger partial charge is 0.336 e. The highest BCUT2D eigenvalue weighted by atomic mass is 19.4. The van der Waals surface area contributed by atoms with E-state index in [1.807, 2.05) is 25.2 Å². The number of piperidine rings is 1. The molecule has 198 valence electrons. The number of halogens is 3. The second-order valence-electron chi connectivity index (χ2n) is 11.4. The molecule has 2 aliphatic rings. The van der Waals surface area contributed by atoms with Crippen LogP contribution in [0.4, 0.5) is 13.2 Å². The largest absolute Gasteiger partial charge is 0.471 e. The van der Waals surface area contributed by atoms with Crippen molar-refractivity contribution in [2.75, 3.05) is 6.54 Å². The number of fused-ring (bicyclic) bond motifs is 2. The molecule has 1 unspecified atom stereocenters. The number of likely N-dealkylation sites (tertiary alicyclic amines) is 1. The number of nitriles is 1. The van der Waals surface area contributed by atoms with Crippen LogP contribution in [0.25, 0.3) is 5.52 Å². The van der Waals surface area contributed by atoms with Gasteiger partial charge in [0.05, 0.1) is 17.9 Å². The SMILES string of the molecule is CC(C)(C)[C@H](NC(=O)C(F)(F)F)C(=O)N1C[C@H]2[C@@H]([C@H]1C(=O)NC(C#N)c1ncn3ccccc13)C2(C)C. The Morgan fingerprint density at radius 1 is 1.19 bits per heavy atom. The van der Waals surface area contributed by atoms with E-state index in [2.05, 4.69) is 10.3 Å². The van der Waals surface area contributed by atoms with Crippen molar-refractivity contribution in [1.29, 1.82) is 5.26 Å². The van der Waals surface area contributed by atoms with Crippen LogP contribution in [0.3, 0.4) is 0 Å². The zero-order valence-corrected chi connectivity index (χ0v) is 21.1. The highest BCUT2D eigenvalue weighted by Gasteiger charge is 2.70. The number of alkyl halides is 3. The molecule has 1 saturated carbocycles. The number of imidazole rings is 1. The van der Waals surface area contributed by atoms with E-state index in [-0.39, 0.29) is 23.8 Å². The predicted molar refractivity (Wildman–Crippen MR) is 125 cm³/mol. The zero-order chi connectivity index (χ0) is 27.5. The lowest BCUT2D eigenvalue weighted by atomic mass is 9.85. The van der Waals surface area contributed by atoms with Crippen LogP contribution < -0.4 is 10.6 Å². The second-order valence-corrected chi connectivity index (χ2v) is 11.4. The third-order valence-corrected chi connectivity index (χ3v) is 7.57. The van der Waals surface area contributed by atoms with E-state index in [1.165, 1.54) is 32.0 Å². The minimum atomic E-state index is -5.16. The summed E-state index contributed by atoms with van der Waals surface area (Å²) in [7, 11) is 0. The van der Waals surface area contributed by atoms with E-state index < -0.39 is 47.4 Å². The second kappa shape index (κ2) is 8.75. The standard InChI is InChI=1S/C25H29F3N6O3/c1-23(2,3)19(32-22(37)25(26,27)28)21(36)34-11-13-16(24(13,4)5)18(34)20(35)31-14(10-29)17-15-8-6-7-9-33(15)12-30-17/h6-9,12-14,16,18-19H,11H2,1-5H3,(H,31,35)(H,32,37)/t13-,14?,16-,18-,19+/m0/s1. The summed E-state index contributed by atoms with van der Waals surface area (Å²) in [6.07, 6.45) is -1.90. The van der Waals surface area contributed by atoms with Gasteiger partial charge in [0, 0.05) is 12.7 Å². The van der Waals surface area contributed by atoms with Crippen LogP contribution in [0.2, 0.25) is 0 Å². The predicted octanol–water partition coefficient (Wildman–Crippen LogP) is 2.59. The molecule has 3 heterocycles. The average Bonchev–Trinajstić information content (AvgIpc) is 3.19. The van der Waals surface area contributed by atoms with Gasteiger partial charge in [-0.2, -0.15) is 18.4 Å². The minimum absolute atomic E-state index is 0.0416. The van der Waals surface area contributed by atoms with Crippen molar-refractivity contribution in [2.24, 2.45) is 22.7 Å². The van der Waals surface area contributed by atoms with Gasteiger partial charge < -0.3 is 19.9 Å². The number of nitrogens with one attached hydrogen (secondary N) is 2. The molecule has 9 nitrogen and oxygen atoms in total. The number of aromatic nitrogens is 2. The molecule has 3 amide bonds. The van der Waals surface area contributed by atoms with E-state index in [0.717, 1.165) is 0 Å². The molecule has 37 heavy (non-hydrogen) atoms.